The van der Waals surface area contributed by atoms with Crippen molar-refractivity contribution in [3.63, 3.8) is 0 Å². The Bertz CT molecular complexity index is 424. The van der Waals surface area contributed by atoms with Crippen molar-refractivity contribution in [1.29, 1.82) is 0 Å². The molecule has 0 aliphatic rings. The van der Waals surface area contributed by atoms with E-state index < -0.39 is 15.4 Å². The Hall–Kier alpha value is 0.260. The summed E-state index contributed by atoms with van der Waals surface area (Å²) in [5.74, 6) is 0.0448. The highest BCUT2D eigenvalue weighted by molar-refractivity contribution is 7.51. The Labute approximate surface area is 172 Å². The van der Waals surface area contributed by atoms with Crippen LogP contribution in [-0.2, 0) is 22.7 Å². The summed E-state index contributed by atoms with van der Waals surface area (Å²) in [4.78, 5) is 17.3. The van der Waals surface area contributed by atoms with E-state index in [0.29, 0.717) is 19.8 Å². The fourth-order valence-electron chi connectivity index (χ4n) is 1.70. The van der Waals surface area contributed by atoms with Gasteiger partial charge in [-0.15, -0.1) is 0 Å². The van der Waals surface area contributed by atoms with Gasteiger partial charge in [-0.25, -0.2) is 4.57 Å². The van der Waals surface area contributed by atoms with Crippen LogP contribution in [0, 0.1) is 11.3 Å². The van der Waals surface area contributed by atoms with Crippen molar-refractivity contribution in [2.75, 3.05) is 26.0 Å². The first-order valence-electron chi connectivity index (χ1n) is 10.4. The molecular formula is C19H44O7P2. The van der Waals surface area contributed by atoms with Crippen LogP contribution in [0.5, 0.6) is 0 Å². The van der Waals surface area contributed by atoms with Gasteiger partial charge in [0.25, 0.3) is 0 Å². The number of unbranched alkanes of at least 4 members (excludes halogenated alkanes) is 3. The lowest BCUT2D eigenvalue weighted by Gasteiger charge is -2.27. The largest absolute Gasteiger partial charge is 0.474 e. The smallest absolute Gasteiger partial charge is 0.324 e. The lowest BCUT2D eigenvalue weighted by atomic mass is 9.83. The first-order chi connectivity index (χ1) is 12.8. The van der Waals surface area contributed by atoms with E-state index in [-0.39, 0.29) is 17.5 Å². The maximum absolute atomic E-state index is 12.2. The van der Waals surface area contributed by atoms with Gasteiger partial charge in [-0.1, -0.05) is 67.7 Å². The summed E-state index contributed by atoms with van der Waals surface area (Å²) in [6.45, 7) is 15.3. The molecule has 172 valence electrons. The third-order valence-corrected chi connectivity index (χ3v) is 6.75. The topological polar surface area (TPSA) is 102 Å². The number of hydrogen-bond acceptors (Lipinski definition) is 5. The molecule has 0 rings (SSSR count). The molecule has 1 atom stereocenters. The molecule has 0 bridgehead atoms. The summed E-state index contributed by atoms with van der Waals surface area (Å²) >= 11 is 0. The summed E-state index contributed by atoms with van der Waals surface area (Å²) in [6, 6.07) is 0. The molecule has 0 saturated heterocycles. The second-order valence-electron chi connectivity index (χ2n) is 8.12. The van der Waals surface area contributed by atoms with Gasteiger partial charge in [0, 0.05) is 0 Å². The molecule has 0 aliphatic heterocycles. The molecule has 0 radical (unpaired) electrons. The fraction of sp³-hybridized carbons (Fsp3) is 1.00. The van der Waals surface area contributed by atoms with Crippen molar-refractivity contribution >= 4 is 15.4 Å². The third-order valence-electron chi connectivity index (χ3n) is 4.23. The monoisotopic (exact) mass is 446 g/mol. The van der Waals surface area contributed by atoms with Gasteiger partial charge >= 0.3 is 15.4 Å². The SMILES string of the molecule is CC(CP(=O)(O)O)C(C)(C)C.CCCCOP(=O)(OCCCC)OCCCC. The zero-order valence-corrected chi connectivity index (χ0v) is 20.8. The Balaban J connectivity index is 0. The molecule has 0 saturated carbocycles. The van der Waals surface area contributed by atoms with Crippen LogP contribution >= 0.6 is 15.4 Å². The van der Waals surface area contributed by atoms with E-state index in [2.05, 4.69) is 20.8 Å². The van der Waals surface area contributed by atoms with Crippen LogP contribution in [0.4, 0.5) is 0 Å². The predicted octanol–water partition coefficient (Wildman–Crippen LogP) is 6.39. The molecule has 0 aromatic heterocycles. The highest BCUT2D eigenvalue weighted by Crippen LogP contribution is 2.49. The van der Waals surface area contributed by atoms with E-state index in [0.717, 1.165) is 38.5 Å². The molecule has 28 heavy (non-hydrogen) atoms. The Morgan fingerprint density at radius 2 is 1.11 bits per heavy atom. The molecule has 0 aliphatic carbocycles. The van der Waals surface area contributed by atoms with Crippen LogP contribution in [0.1, 0.15) is 87.0 Å². The van der Waals surface area contributed by atoms with Gasteiger partial charge in [0.1, 0.15) is 0 Å². The van der Waals surface area contributed by atoms with Crippen molar-refractivity contribution in [3.05, 3.63) is 0 Å². The van der Waals surface area contributed by atoms with E-state index in [1.165, 1.54) is 0 Å². The first kappa shape index (κ1) is 30.5. The molecule has 2 N–H and O–H groups in total. The van der Waals surface area contributed by atoms with Crippen molar-refractivity contribution in [1.82, 2.24) is 0 Å². The molecule has 0 amide bonds. The van der Waals surface area contributed by atoms with Crippen LogP contribution in [-0.4, -0.2) is 35.8 Å². The second-order valence-corrected chi connectivity index (χ2v) is 11.5. The van der Waals surface area contributed by atoms with E-state index in [1.807, 2.05) is 27.7 Å². The van der Waals surface area contributed by atoms with Crippen LogP contribution in [0.3, 0.4) is 0 Å². The molecule has 0 spiro atoms. The van der Waals surface area contributed by atoms with Gasteiger partial charge in [0.2, 0.25) is 0 Å². The quantitative estimate of drug-likeness (QED) is 0.235. The molecule has 9 heteroatoms. The number of phosphoric acid groups is 1. The maximum atomic E-state index is 12.2. The van der Waals surface area contributed by atoms with E-state index in [1.54, 1.807) is 0 Å². The standard InChI is InChI=1S/C12H27O4P.C7H17O3P/c1-4-7-10-14-17(13,15-11-8-5-2)16-12-9-6-3;1-6(7(2,3)4)5-11(8,9)10/h4-12H2,1-3H3;6H,5H2,1-4H3,(H2,8,9,10). The van der Waals surface area contributed by atoms with Gasteiger partial charge in [-0.3, -0.25) is 18.1 Å². The van der Waals surface area contributed by atoms with Crippen LogP contribution < -0.4 is 0 Å². The van der Waals surface area contributed by atoms with Gasteiger partial charge in [0.05, 0.1) is 26.0 Å². The predicted molar refractivity (Wildman–Crippen MR) is 116 cm³/mol. The highest BCUT2D eigenvalue weighted by atomic mass is 31.2. The summed E-state index contributed by atoms with van der Waals surface area (Å²) in [5, 5.41) is 0. The zero-order valence-electron chi connectivity index (χ0n) is 19.0. The van der Waals surface area contributed by atoms with Crippen molar-refractivity contribution in [2.24, 2.45) is 11.3 Å². The first-order valence-corrected chi connectivity index (χ1v) is 13.6. The molecule has 0 aromatic rings. The molecule has 7 nitrogen and oxygen atoms in total. The van der Waals surface area contributed by atoms with Gasteiger partial charge in [0.15, 0.2) is 0 Å². The summed E-state index contributed by atoms with van der Waals surface area (Å²) in [6.07, 6.45) is 5.61. The van der Waals surface area contributed by atoms with E-state index in [9.17, 15) is 9.13 Å². The van der Waals surface area contributed by atoms with Gasteiger partial charge < -0.3 is 9.79 Å². The van der Waals surface area contributed by atoms with E-state index >= 15 is 0 Å². The minimum Gasteiger partial charge on any atom is -0.324 e. The Morgan fingerprint density at radius 3 is 1.29 bits per heavy atom. The number of phosphoric ester groups is 1. The number of hydrogen-bond donors (Lipinski definition) is 2. The Morgan fingerprint density at radius 1 is 0.786 bits per heavy atom. The molecule has 0 fully saturated rings. The summed E-state index contributed by atoms with van der Waals surface area (Å²) < 4.78 is 38.6. The molecular weight excluding hydrogens is 402 g/mol. The zero-order chi connectivity index (χ0) is 22.3. The third kappa shape index (κ3) is 19.6. The van der Waals surface area contributed by atoms with Crippen LogP contribution in [0.2, 0.25) is 0 Å². The second kappa shape index (κ2) is 16.0. The van der Waals surface area contributed by atoms with Crippen molar-refractivity contribution < 1.29 is 32.5 Å². The van der Waals surface area contributed by atoms with Gasteiger partial charge in [-0.05, 0) is 30.6 Å². The minimum absolute atomic E-state index is 0.0174. The summed E-state index contributed by atoms with van der Waals surface area (Å²) in [7, 11) is -7.13. The number of rotatable bonds is 14. The van der Waals surface area contributed by atoms with Crippen LogP contribution in [0.15, 0.2) is 0 Å². The van der Waals surface area contributed by atoms with Crippen molar-refractivity contribution in [2.45, 2.75) is 87.0 Å². The lowest BCUT2D eigenvalue weighted by molar-refractivity contribution is 0.110. The maximum Gasteiger partial charge on any atom is 0.474 e. The van der Waals surface area contributed by atoms with Crippen molar-refractivity contribution in [3.8, 4) is 0 Å². The average molecular weight is 447 g/mol. The van der Waals surface area contributed by atoms with Gasteiger partial charge in [-0.2, -0.15) is 0 Å². The highest BCUT2D eigenvalue weighted by Gasteiger charge is 2.27. The van der Waals surface area contributed by atoms with E-state index in [4.69, 9.17) is 23.4 Å². The average Bonchev–Trinajstić information content (AvgIpc) is 2.54. The minimum atomic E-state index is -3.82. The van der Waals surface area contributed by atoms with Crippen LogP contribution in [0.25, 0.3) is 0 Å². The molecule has 0 heterocycles. The Kier molecular flexibility index (Phi) is 17.4. The fourth-order valence-corrected chi connectivity index (χ4v) is 4.25. The molecule has 0 aromatic carbocycles. The normalized spacial score (nSPS) is 13.8. The summed E-state index contributed by atoms with van der Waals surface area (Å²) in [5.41, 5.74) is -0.0267. The molecule has 1 unspecified atom stereocenters. The lowest BCUT2D eigenvalue weighted by Crippen LogP contribution is -2.20.